The monoisotopic (exact) mass is 242 g/mol. The SMILES string of the molecule is CCOc1ccc([C@H]2NCCn3cccc32)cc1. The van der Waals surface area contributed by atoms with Crippen molar-refractivity contribution in [1.29, 1.82) is 0 Å². The van der Waals surface area contributed by atoms with Gasteiger partial charge in [-0.2, -0.15) is 0 Å². The van der Waals surface area contributed by atoms with Crippen LogP contribution in [0.25, 0.3) is 0 Å². The number of rotatable bonds is 3. The van der Waals surface area contributed by atoms with Crippen molar-refractivity contribution in [2.24, 2.45) is 0 Å². The van der Waals surface area contributed by atoms with E-state index in [4.69, 9.17) is 4.74 Å². The van der Waals surface area contributed by atoms with Gasteiger partial charge in [0.05, 0.1) is 12.6 Å². The van der Waals surface area contributed by atoms with Gasteiger partial charge in [0.25, 0.3) is 0 Å². The highest BCUT2D eigenvalue weighted by molar-refractivity contribution is 5.34. The Bertz CT molecular complexity index is 516. The summed E-state index contributed by atoms with van der Waals surface area (Å²) in [7, 11) is 0. The van der Waals surface area contributed by atoms with Crippen LogP contribution in [0.5, 0.6) is 5.75 Å². The molecule has 1 atom stereocenters. The molecule has 1 aliphatic rings. The molecule has 3 nitrogen and oxygen atoms in total. The van der Waals surface area contributed by atoms with Crippen LogP contribution < -0.4 is 10.1 Å². The second-order valence-corrected chi connectivity index (χ2v) is 4.52. The third kappa shape index (κ3) is 2.02. The smallest absolute Gasteiger partial charge is 0.119 e. The average Bonchev–Trinajstić information content (AvgIpc) is 2.88. The van der Waals surface area contributed by atoms with E-state index in [0.29, 0.717) is 12.6 Å². The molecule has 0 bridgehead atoms. The molecule has 1 N–H and O–H groups in total. The maximum Gasteiger partial charge on any atom is 0.119 e. The summed E-state index contributed by atoms with van der Waals surface area (Å²) in [5.41, 5.74) is 2.63. The largest absolute Gasteiger partial charge is 0.494 e. The maximum atomic E-state index is 5.48. The molecule has 3 heteroatoms. The van der Waals surface area contributed by atoms with E-state index < -0.39 is 0 Å². The lowest BCUT2D eigenvalue weighted by Crippen LogP contribution is -2.33. The molecular weight excluding hydrogens is 224 g/mol. The van der Waals surface area contributed by atoms with Gasteiger partial charge in [-0.05, 0) is 36.8 Å². The molecule has 0 radical (unpaired) electrons. The topological polar surface area (TPSA) is 26.2 Å². The second kappa shape index (κ2) is 4.86. The van der Waals surface area contributed by atoms with E-state index in [-0.39, 0.29) is 0 Å². The quantitative estimate of drug-likeness (QED) is 0.895. The van der Waals surface area contributed by atoms with Crippen LogP contribution in [-0.2, 0) is 6.54 Å². The van der Waals surface area contributed by atoms with Crippen molar-refractivity contribution in [1.82, 2.24) is 9.88 Å². The van der Waals surface area contributed by atoms with Crippen molar-refractivity contribution < 1.29 is 4.74 Å². The van der Waals surface area contributed by atoms with Gasteiger partial charge in [0, 0.05) is 25.0 Å². The van der Waals surface area contributed by atoms with E-state index in [2.05, 4.69) is 40.3 Å². The number of nitrogens with one attached hydrogen (secondary N) is 1. The molecule has 2 aromatic rings. The molecule has 0 saturated carbocycles. The fourth-order valence-corrected chi connectivity index (χ4v) is 2.54. The zero-order valence-corrected chi connectivity index (χ0v) is 10.6. The third-order valence-corrected chi connectivity index (χ3v) is 3.39. The number of ether oxygens (including phenoxy) is 1. The van der Waals surface area contributed by atoms with E-state index >= 15 is 0 Å². The molecular formula is C15H18N2O. The predicted molar refractivity (Wildman–Crippen MR) is 71.9 cm³/mol. The molecule has 1 aromatic carbocycles. The first-order chi connectivity index (χ1) is 8.88. The van der Waals surface area contributed by atoms with Gasteiger partial charge in [0.1, 0.15) is 5.75 Å². The highest BCUT2D eigenvalue weighted by atomic mass is 16.5. The standard InChI is InChI=1S/C15H18N2O/c1-2-18-13-7-5-12(6-8-13)15-14-4-3-10-17(14)11-9-16-15/h3-8,10,15-16H,2,9,11H2,1H3/t15-/m1/s1. The molecule has 0 fully saturated rings. The van der Waals surface area contributed by atoms with Crippen LogP contribution in [-0.4, -0.2) is 17.7 Å². The van der Waals surface area contributed by atoms with Crippen molar-refractivity contribution in [3.05, 3.63) is 53.9 Å². The normalized spacial score (nSPS) is 18.4. The lowest BCUT2D eigenvalue weighted by atomic mass is 10.0. The third-order valence-electron chi connectivity index (χ3n) is 3.39. The fourth-order valence-electron chi connectivity index (χ4n) is 2.54. The number of aromatic nitrogens is 1. The summed E-state index contributed by atoms with van der Waals surface area (Å²) in [6, 6.07) is 13.0. The minimum absolute atomic E-state index is 0.296. The Morgan fingerprint density at radius 2 is 2.11 bits per heavy atom. The molecule has 18 heavy (non-hydrogen) atoms. The number of hydrogen-bond donors (Lipinski definition) is 1. The van der Waals surface area contributed by atoms with Crippen molar-refractivity contribution >= 4 is 0 Å². The summed E-state index contributed by atoms with van der Waals surface area (Å²) in [5.74, 6) is 0.937. The second-order valence-electron chi connectivity index (χ2n) is 4.52. The van der Waals surface area contributed by atoms with Gasteiger partial charge in [-0.1, -0.05) is 12.1 Å². The molecule has 0 aliphatic carbocycles. The van der Waals surface area contributed by atoms with Gasteiger partial charge in [-0.25, -0.2) is 0 Å². The summed E-state index contributed by atoms with van der Waals surface area (Å²) in [5, 5.41) is 3.57. The molecule has 0 spiro atoms. The summed E-state index contributed by atoms with van der Waals surface area (Å²) >= 11 is 0. The Hall–Kier alpha value is -1.74. The van der Waals surface area contributed by atoms with Crippen LogP contribution in [0.15, 0.2) is 42.6 Å². The van der Waals surface area contributed by atoms with Gasteiger partial charge in [-0.3, -0.25) is 0 Å². The Balaban J connectivity index is 1.88. The zero-order chi connectivity index (χ0) is 12.4. The minimum Gasteiger partial charge on any atom is -0.494 e. The molecule has 3 rings (SSSR count). The Labute approximate surface area is 107 Å². The van der Waals surface area contributed by atoms with Crippen LogP contribution in [0.4, 0.5) is 0 Å². The molecule has 1 aliphatic heterocycles. The van der Waals surface area contributed by atoms with Gasteiger partial charge in [-0.15, -0.1) is 0 Å². The highest BCUT2D eigenvalue weighted by Crippen LogP contribution is 2.26. The molecule has 0 unspecified atom stereocenters. The number of nitrogens with zero attached hydrogens (tertiary/aromatic N) is 1. The Morgan fingerprint density at radius 3 is 2.89 bits per heavy atom. The van der Waals surface area contributed by atoms with E-state index in [9.17, 15) is 0 Å². The van der Waals surface area contributed by atoms with E-state index in [1.165, 1.54) is 11.3 Å². The van der Waals surface area contributed by atoms with Crippen LogP contribution in [0, 0.1) is 0 Å². The van der Waals surface area contributed by atoms with Crippen LogP contribution >= 0.6 is 0 Å². The van der Waals surface area contributed by atoms with Crippen molar-refractivity contribution in [3.8, 4) is 5.75 Å². The van der Waals surface area contributed by atoms with Crippen LogP contribution in [0.3, 0.4) is 0 Å². The first-order valence-electron chi connectivity index (χ1n) is 6.49. The van der Waals surface area contributed by atoms with Crippen molar-refractivity contribution in [2.75, 3.05) is 13.2 Å². The molecule has 0 amide bonds. The number of fused-ring (bicyclic) bond motifs is 1. The van der Waals surface area contributed by atoms with E-state index in [1.807, 2.05) is 19.1 Å². The Kier molecular flexibility index (Phi) is 3.07. The van der Waals surface area contributed by atoms with Crippen LogP contribution in [0.1, 0.15) is 24.2 Å². The first kappa shape index (κ1) is 11.4. The first-order valence-corrected chi connectivity index (χ1v) is 6.49. The highest BCUT2D eigenvalue weighted by Gasteiger charge is 2.20. The minimum atomic E-state index is 0.296. The summed E-state index contributed by atoms with van der Waals surface area (Å²) in [4.78, 5) is 0. The van der Waals surface area contributed by atoms with Crippen molar-refractivity contribution in [2.45, 2.75) is 19.5 Å². The van der Waals surface area contributed by atoms with E-state index in [1.54, 1.807) is 0 Å². The van der Waals surface area contributed by atoms with Gasteiger partial charge in [0.15, 0.2) is 0 Å². The molecule has 0 saturated heterocycles. The average molecular weight is 242 g/mol. The summed E-state index contributed by atoms with van der Waals surface area (Å²) in [6.07, 6.45) is 2.15. The van der Waals surface area contributed by atoms with Gasteiger partial charge < -0.3 is 14.6 Å². The Morgan fingerprint density at radius 1 is 1.28 bits per heavy atom. The van der Waals surface area contributed by atoms with E-state index in [0.717, 1.165) is 18.8 Å². The lowest BCUT2D eigenvalue weighted by Gasteiger charge is -2.26. The van der Waals surface area contributed by atoms with Gasteiger partial charge >= 0.3 is 0 Å². The predicted octanol–water partition coefficient (Wildman–Crippen LogP) is 2.58. The number of hydrogen-bond acceptors (Lipinski definition) is 2. The summed E-state index contributed by atoms with van der Waals surface area (Å²) in [6.45, 7) is 4.78. The van der Waals surface area contributed by atoms with Crippen molar-refractivity contribution in [3.63, 3.8) is 0 Å². The zero-order valence-electron chi connectivity index (χ0n) is 10.6. The van der Waals surface area contributed by atoms with Gasteiger partial charge in [0.2, 0.25) is 0 Å². The maximum absolute atomic E-state index is 5.48. The molecule has 1 aromatic heterocycles. The van der Waals surface area contributed by atoms with Crippen LogP contribution in [0.2, 0.25) is 0 Å². The fraction of sp³-hybridized carbons (Fsp3) is 0.333. The lowest BCUT2D eigenvalue weighted by molar-refractivity contribution is 0.340. The number of benzene rings is 1. The molecule has 94 valence electrons. The molecule has 2 heterocycles. The summed E-state index contributed by atoms with van der Waals surface area (Å²) < 4.78 is 7.79.